The maximum atomic E-state index is 14.2. The Kier molecular flexibility index (Phi) is 4.64. The normalized spacial score (nSPS) is 27.9. The van der Waals surface area contributed by atoms with Crippen molar-refractivity contribution < 1.29 is 32.2 Å². The molecule has 0 saturated carbocycles. The lowest BCUT2D eigenvalue weighted by Crippen LogP contribution is -2.72. The van der Waals surface area contributed by atoms with Crippen molar-refractivity contribution >= 4 is 11.8 Å². The SMILES string of the molecule is COC1C(=O)N(C#N)C(=O)C(OC)C1(c1ccccc1)C(F)(F)F. The first-order valence-corrected chi connectivity index (χ1v) is 6.72. The van der Waals surface area contributed by atoms with Crippen molar-refractivity contribution in [2.75, 3.05) is 14.2 Å². The summed E-state index contributed by atoms with van der Waals surface area (Å²) in [5.41, 5.74) is -3.44. The van der Waals surface area contributed by atoms with Crippen LogP contribution < -0.4 is 0 Å². The molecular formula is C15H13F3N2O4. The number of amides is 2. The Labute approximate surface area is 135 Å². The number of benzene rings is 1. The van der Waals surface area contributed by atoms with E-state index in [1.165, 1.54) is 24.4 Å². The number of ether oxygens (including phenoxy) is 2. The Morgan fingerprint density at radius 2 is 1.54 bits per heavy atom. The van der Waals surface area contributed by atoms with E-state index in [2.05, 4.69) is 0 Å². The van der Waals surface area contributed by atoms with Gasteiger partial charge in [-0.1, -0.05) is 30.3 Å². The fourth-order valence-corrected chi connectivity index (χ4v) is 3.02. The lowest BCUT2D eigenvalue weighted by atomic mass is 9.67. The second kappa shape index (κ2) is 6.22. The third kappa shape index (κ3) is 2.26. The molecule has 1 aromatic carbocycles. The molecule has 2 rings (SSSR count). The lowest BCUT2D eigenvalue weighted by Gasteiger charge is -2.48. The minimum absolute atomic E-state index is 0.0370. The minimum Gasteiger partial charge on any atom is -0.370 e. The smallest absolute Gasteiger partial charge is 0.370 e. The van der Waals surface area contributed by atoms with E-state index in [4.69, 9.17) is 14.7 Å². The predicted octanol–water partition coefficient (Wildman–Crippen LogP) is 1.37. The lowest BCUT2D eigenvalue weighted by molar-refractivity contribution is -0.258. The molecule has 9 heteroatoms. The second-order valence-corrected chi connectivity index (χ2v) is 5.08. The zero-order chi connectivity index (χ0) is 18.1. The number of carbonyl (C=O) groups excluding carboxylic acids is 2. The second-order valence-electron chi connectivity index (χ2n) is 5.08. The zero-order valence-electron chi connectivity index (χ0n) is 12.7. The van der Waals surface area contributed by atoms with E-state index in [1.807, 2.05) is 0 Å². The molecule has 0 aromatic heterocycles. The van der Waals surface area contributed by atoms with Crippen LogP contribution in [0.5, 0.6) is 0 Å². The maximum absolute atomic E-state index is 14.2. The largest absolute Gasteiger partial charge is 0.404 e. The fraction of sp³-hybridized carbons (Fsp3) is 0.400. The van der Waals surface area contributed by atoms with Gasteiger partial charge in [0.05, 0.1) is 0 Å². The number of imide groups is 1. The van der Waals surface area contributed by atoms with E-state index >= 15 is 0 Å². The van der Waals surface area contributed by atoms with Gasteiger partial charge in [0.25, 0.3) is 11.8 Å². The molecule has 0 N–H and O–H groups in total. The van der Waals surface area contributed by atoms with Crippen LogP contribution in [0.1, 0.15) is 5.56 Å². The summed E-state index contributed by atoms with van der Waals surface area (Å²) < 4.78 is 52.1. The van der Waals surface area contributed by atoms with Gasteiger partial charge in [-0.05, 0) is 5.56 Å². The Hall–Kier alpha value is -2.44. The summed E-state index contributed by atoms with van der Waals surface area (Å²) in [4.78, 5) is 24.6. The van der Waals surface area contributed by atoms with Crippen LogP contribution in [0.3, 0.4) is 0 Å². The number of rotatable bonds is 3. The maximum Gasteiger partial charge on any atom is 0.404 e. The number of carbonyl (C=O) groups is 2. The molecule has 0 bridgehead atoms. The number of piperidine rings is 1. The molecule has 128 valence electrons. The van der Waals surface area contributed by atoms with Crippen molar-refractivity contribution in [3.8, 4) is 6.19 Å². The van der Waals surface area contributed by atoms with E-state index in [-0.39, 0.29) is 10.5 Å². The van der Waals surface area contributed by atoms with Crippen LogP contribution in [0, 0.1) is 11.5 Å². The van der Waals surface area contributed by atoms with E-state index in [0.29, 0.717) is 0 Å². The molecule has 1 aliphatic rings. The monoisotopic (exact) mass is 342 g/mol. The van der Waals surface area contributed by atoms with Gasteiger partial charge in [-0.2, -0.15) is 23.3 Å². The molecule has 2 amide bonds. The molecule has 1 fully saturated rings. The number of alkyl halides is 3. The molecular weight excluding hydrogens is 329 g/mol. The predicted molar refractivity (Wildman–Crippen MR) is 73.2 cm³/mol. The third-order valence-corrected chi connectivity index (χ3v) is 4.01. The Bertz CT molecular complexity index is 660. The molecule has 1 heterocycles. The van der Waals surface area contributed by atoms with Gasteiger partial charge in [-0.25, -0.2) is 0 Å². The average Bonchev–Trinajstić information content (AvgIpc) is 2.54. The fourth-order valence-electron chi connectivity index (χ4n) is 3.02. The highest BCUT2D eigenvalue weighted by Gasteiger charge is 2.73. The van der Waals surface area contributed by atoms with Crippen LogP contribution in [-0.4, -0.2) is 49.3 Å². The molecule has 6 nitrogen and oxygen atoms in total. The van der Waals surface area contributed by atoms with Crippen LogP contribution in [0.15, 0.2) is 30.3 Å². The molecule has 1 aliphatic heterocycles. The van der Waals surface area contributed by atoms with Crippen molar-refractivity contribution in [2.45, 2.75) is 23.8 Å². The van der Waals surface area contributed by atoms with Crippen LogP contribution in [-0.2, 0) is 24.5 Å². The molecule has 1 saturated heterocycles. The number of hydrogen-bond donors (Lipinski definition) is 0. The van der Waals surface area contributed by atoms with Gasteiger partial charge in [0.1, 0.15) is 0 Å². The summed E-state index contributed by atoms with van der Waals surface area (Å²) in [5.74, 6) is -2.78. The van der Waals surface area contributed by atoms with Gasteiger partial charge in [0.2, 0.25) is 0 Å². The number of likely N-dealkylation sites (tertiary alicyclic amines) is 1. The number of nitriles is 1. The third-order valence-electron chi connectivity index (χ3n) is 4.01. The van der Waals surface area contributed by atoms with Gasteiger partial charge < -0.3 is 9.47 Å². The molecule has 0 aliphatic carbocycles. The van der Waals surface area contributed by atoms with Crippen molar-refractivity contribution in [3.63, 3.8) is 0 Å². The van der Waals surface area contributed by atoms with Gasteiger partial charge >= 0.3 is 6.18 Å². The highest BCUT2D eigenvalue weighted by atomic mass is 19.4. The molecule has 0 spiro atoms. The van der Waals surface area contributed by atoms with Crippen LogP contribution in [0.4, 0.5) is 13.2 Å². The molecule has 1 aromatic rings. The highest BCUT2D eigenvalue weighted by molar-refractivity contribution is 6.06. The highest BCUT2D eigenvalue weighted by Crippen LogP contribution is 2.51. The van der Waals surface area contributed by atoms with Crippen molar-refractivity contribution in [1.29, 1.82) is 5.26 Å². The van der Waals surface area contributed by atoms with Gasteiger partial charge in [-0.3, -0.25) is 9.59 Å². The van der Waals surface area contributed by atoms with Gasteiger partial charge in [0.15, 0.2) is 23.8 Å². The van der Waals surface area contributed by atoms with Crippen LogP contribution in [0.25, 0.3) is 0 Å². The van der Waals surface area contributed by atoms with E-state index in [9.17, 15) is 22.8 Å². The quantitative estimate of drug-likeness (QED) is 0.612. The first-order chi connectivity index (χ1) is 11.3. The number of methoxy groups -OCH3 is 2. The number of hydrogen-bond acceptors (Lipinski definition) is 5. The van der Waals surface area contributed by atoms with E-state index in [0.717, 1.165) is 26.4 Å². The Balaban J connectivity index is 2.86. The van der Waals surface area contributed by atoms with Gasteiger partial charge in [-0.15, -0.1) is 0 Å². The molecule has 2 atom stereocenters. The Morgan fingerprint density at radius 3 is 1.88 bits per heavy atom. The average molecular weight is 342 g/mol. The summed E-state index contributed by atoms with van der Waals surface area (Å²) in [5, 5.41) is 8.94. The Morgan fingerprint density at radius 1 is 1.08 bits per heavy atom. The van der Waals surface area contributed by atoms with Crippen molar-refractivity contribution in [1.82, 2.24) is 4.90 Å². The first kappa shape index (κ1) is 17.9. The van der Waals surface area contributed by atoms with E-state index < -0.39 is 35.6 Å². The summed E-state index contributed by atoms with van der Waals surface area (Å²) in [7, 11) is 1.81. The summed E-state index contributed by atoms with van der Waals surface area (Å²) in [6.45, 7) is 0. The van der Waals surface area contributed by atoms with Crippen LogP contribution >= 0.6 is 0 Å². The first-order valence-electron chi connectivity index (χ1n) is 6.72. The minimum atomic E-state index is -5.07. The molecule has 24 heavy (non-hydrogen) atoms. The summed E-state index contributed by atoms with van der Waals surface area (Å²) >= 11 is 0. The standard InChI is InChI=1S/C15H13F3N2O4/c1-23-10-12(21)20(8-19)13(22)11(24-2)14(10,15(16,17)18)9-6-4-3-5-7-9/h3-7,10-11H,1-2H3. The van der Waals surface area contributed by atoms with Crippen molar-refractivity contribution in [2.24, 2.45) is 0 Å². The van der Waals surface area contributed by atoms with Crippen molar-refractivity contribution in [3.05, 3.63) is 35.9 Å². The summed E-state index contributed by atoms with van der Waals surface area (Å²) in [6, 6.07) is 6.44. The van der Waals surface area contributed by atoms with E-state index in [1.54, 1.807) is 0 Å². The topological polar surface area (TPSA) is 79.6 Å². The van der Waals surface area contributed by atoms with Crippen LogP contribution in [0.2, 0.25) is 0 Å². The number of halogens is 3. The number of nitrogens with zero attached hydrogens (tertiary/aromatic N) is 2. The molecule has 0 radical (unpaired) electrons. The molecule has 2 unspecified atom stereocenters. The van der Waals surface area contributed by atoms with Gasteiger partial charge in [0, 0.05) is 14.2 Å². The zero-order valence-corrected chi connectivity index (χ0v) is 12.7. The summed E-state index contributed by atoms with van der Waals surface area (Å²) in [6.07, 6.45) is -8.09.